The van der Waals surface area contributed by atoms with E-state index in [1.807, 2.05) is 18.2 Å². The smallest absolute Gasteiger partial charge is 0.251 e. The van der Waals surface area contributed by atoms with Crippen LogP contribution in [0.4, 0.5) is 17.6 Å². The highest BCUT2D eigenvalue weighted by atomic mass is 16.5. The van der Waals surface area contributed by atoms with Crippen LogP contribution in [0.1, 0.15) is 28.8 Å². The summed E-state index contributed by atoms with van der Waals surface area (Å²) in [6.07, 6.45) is 4.30. The maximum absolute atomic E-state index is 12.5. The van der Waals surface area contributed by atoms with Gasteiger partial charge in [0.05, 0.1) is 19.7 Å². The van der Waals surface area contributed by atoms with Gasteiger partial charge in [0, 0.05) is 29.2 Å². The first kappa shape index (κ1) is 21.4. The average Bonchev–Trinajstić information content (AvgIpc) is 3.21. The number of nitrogens with two attached hydrogens (primary N) is 1. The maximum Gasteiger partial charge on any atom is 0.251 e. The molecule has 3 heterocycles. The fourth-order valence-electron chi connectivity index (χ4n) is 4.02. The first-order chi connectivity index (χ1) is 16.6. The van der Waals surface area contributed by atoms with E-state index in [0.717, 1.165) is 24.8 Å². The number of methoxy groups -OCH3 is 2. The van der Waals surface area contributed by atoms with Crippen molar-refractivity contribution in [2.45, 2.75) is 19.3 Å². The molecule has 0 saturated carbocycles. The fourth-order valence-corrected chi connectivity index (χ4v) is 4.02. The predicted molar refractivity (Wildman–Crippen MR) is 127 cm³/mol. The van der Waals surface area contributed by atoms with Crippen LogP contribution in [0.15, 0.2) is 36.7 Å². The Kier molecular flexibility index (Phi) is 5.58. The number of rotatable bonds is 5. The van der Waals surface area contributed by atoms with E-state index in [4.69, 9.17) is 15.2 Å². The lowest BCUT2D eigenvalue weighted by Crippen LogP contribution is -2.27. The molecule has 1 amide bonds. The standard InChI is InChI=1S/C23H24N8O3/c1-33-18-10-16-17(11-19(18)34-2)26-12-27-20(16)31-22(24)29-23(30-31)28-14-7-6-13-5-3-4-8-25-21(32)15(13)9-14/h6-7,9-12H,3-5,8H2,1-2H3,(H,25,32)(H3,24,28,29,30). The molecule has 1 aliphatic heterocycles. The van der Waals surface area contributed by atoms with Crippen LogP contribution in [0.2, 0.25) is 0 Å². The van der Waals surface area contributed by atoms with Crippen LogP contribution < -0.4 is 25.8 Å². The number of benzene rings is 2. The zero-order valence-electron chi connectivity index (χ0n) is 18.8. The Morgan fingerprint density at radius 1 is 1.09 bits per heavy atom. The number of anilines is 3. The van der Waals surface area contributed by atoms with Gasteiger partial charge in [0.25, 0.3) is 5.91 Å². The van der Waals surface area contributed by atoms with Crippen molar-refractivity contribution in [1.29, 1.82) is 0 Å². The zero-order chi connectivity index (χ0) is 23.7. The summed E-state index contributed by atoms with van der Waals surface area (Å²) in [6, 6.07) is 9.20. The minimum atomic E-state index is -0.0758. The number of fused-ring (bicyclic) bond motifs is 2. The highest BCUT2D eigenvalue weighted by Gasteiger charge is 2.18. The third-order valence-electron chi connectivity index (χ3n) is 5.72. The summed E-state index contributed by atoms with van der Waals surface area (Å²) in [5.41, 5.74) is 9.19. The van der Waals surface area contributed by atoms with Gasteiger partial charge < -0.3 is 25.8 Å². The molecule has 0 saturated heterocycles. The van der Waals surface area contributed by atoms with Crippen LogP contribution in [0.25, 0.3) is 16.7 Å². The largest absolute Gasteiger partial charge is 0.493 e. The molecule has 11 nitrogen and oxygen atoms in total. The van der Waals surface area contributed by atoms with E-state index in [9.17, 15) is 4.79 Å². The third-order valence-corrected chi connectivity index (χ3v) is 5.72. The number of nitrogen functional groups attached to an aromatic ring is 1. The highest BCUT2D eigenvalue weighted by Crippen LogP contribution is 2.33. The normalized spacial score (nSPS) is 13.5. The number of ether oxygens (including phenoxy) is 2. The number of nitrogens with one attached hydrogen (secondary N) is 2. The lowest BCUT2D eigenvalue weighted by atomic mass is 9.99. The van der Waals surface area contributed by atoms with Gasteiger partial charge in [-0.05, 0) is 43.0 Å². The van der Waals surface area contributed by atoms with Crippen molar-refractivity contribution in [1.82, 2.24) is 30.0 Å². The Balaban J connectivity index is 1.50. The zero-order valence-corrected chi connectivity index (χ0v) is 18.8. The minimum absolute atomic E-state index is 0.0758. The molecule has 0 spiro atoms. The summed E-state index contributed by atoms with van der Waals surface area (Å²) in [6.45, 7) is 0.683. The van der Waals surface area contributed by atoms with Crippen molar-refractivity contribution < 1.29 is 14.3 Å². The molecule has 0 fully saturated rings. The molecule has 4 N–H and O–H groups in total. The number of carbonyl (C=O) groups is 1. The van der Waals surface area contributed by atoms with Gasteiger partial charge in [-0.2, -0.15) is 9.67 Å². The SMILES string of the molecule is COc1cc2ncnc(-n3nc(Nc4ccc5c(c4)C(=O)NCCCC5)nc3N)c2cc1OC. The molecular weight excluding hydrogens is 436 g/mol. The Labute approximate surface area is 195 Å². The Morgan fingerprint density at radius 3 is 2.74 bits per heavy atom. The second-order valence-corrected chi connectivity index (χ2v) is 7.84. The summed E-state index contributed by atoms with van der Waals surface area (Å²) in [7, 11) is 3.12. The van der Waals surface area contributed by atoms with Crippen LogP contribution in [-0.4, -0.2) is 51.4 Å². The van der Waals surface area contributed by atoms with Crippen LogP contribution in [0, 0.1) is 0 Å². The molecular formula is C23H24N8O3. The minimum Gasteiger partial charge on any atom is -0.493 e. The summed E-state index contributed by atoms with van der Waals surface area (Å²) >= 11 is 0. The highest BCUT2D eigenvalue weighted by molar-refractivity contribution is 5.97. The topological polar surface area (TPSA) is 142 Å². The quantitative estimate of drug-likeness (QED) is 0.409. The van der Waals surface area contributed by atoms with E-state index in [2.05, 4.69) is 30.7 Å². The van der Waals surface area contributed by atoms with Crippen LogP contribution in [0.3, 0.4) is 0 Å². The van der Waals surface area contributed by atoms with Gasteiger partial charge in [-0.15, -0.1) is 5.10 Å². The molecule has 2 aromatic heterocycles. The Hall–Kier alpha value is -4.41. The van der Waals surface area contributed by atoms with Crippen molar-refractivity contribution in [2.75, 3.05) is 31.8 Å². The molecule has 0 unspecified atom stereocenters. The van der Waals surface area contributed by atoms with Crippen molar-refractivity contribution >= 4 is 34.4 Å². The summed E-state index contributed by atoms with van der Waals surface area (Å²) in [5, 5.41) is 11.2. The van der Waals surface area contributed by atoms with Gasteiger partial charge in [-0.3, -0.25) is 4.79 Å². The molecule has 34 heavy (non-hydrogen) atoms. The molecule has 1 aliphatic rings. The van der Waals surface area contributed by atoms with Gasteiger partial charge in [0.2, 0.25) is 11.9 Å². The lowest BCUT2D eigenvalue weighted by Gasteiger charge is -2.15. The monoisotopic (exact) mass is 460 g/mol. The summed E-state index contributed by atoms with van der Waals surface area (Å²) in [4.78, 5) is 25.5. The number of amides is 1. The lowest BCUT2D eigenvalue weighted by molar-refractivity contribution is 0.0950. The van der Waals surface area contributed by atoms with Crippen LogP contribution in [0.5, 0.6) is 11.5 Å². The van der Waals surface area contributed by atoms with E-state index in [0.29, 0.717) is 46.0 Å². The number of nitrogens with zero attached hydrogens (tertiary/aromatic N) is 5. The van der Waals surface area contributed by atoms with Crippen LogP contribution in [-0.2, 0) is 6.42 Å². The van der Waals surface area contributed by atoms with E-state index in [1.165, 1.54) is 11.0 Å². The van der Waals surface area contributed by atoms with Gasteiger partial charge >= 0.3 is 0 Å². The number of aryl methyl sites for hydroxylation is 1. The first-order valence-electron chi connectivity index (χ1n) is 10.8. The van der Waals surface area contributed by atoms with Crippen molar-refractivity contribution in [3.05, 3.63) is 47.8 Å². The molecule has 0 aliphatic carbocycles. The van der Waals surface area contributed by atoms with Crippen molar-refractivity contribution in [3.8, 4) is 17.3 Å². The maximum atomic E-state index is 12.5. The number of hydrogen-bond donors (Lipinski definition) is 3. The predicted octanol–water partition coefficient (Wildman–Crippen LogP) is 2.62. The summed E-state index contributed by atoms with van der Waals surface area (Å²) in [5.74, 6) is 1.87. The number of hydrogen-bond acceptors (Lipinski definition) is 9. The van der Waals surface area contributed by atoms with E-state index in [-0.39, 0.29) is 17.8 Å². The Bertz CT molecular complexity index is 1380. The molecule has 0 radical (unpaired) electrons. The fraction of sp³-hybridized carbons (Fsp3) is 0.261. The van der Waals surface area contributed by atoms with Crippen LogP contribution >= 0.6 is 0 Å². The van der Waals surface area contributed by atoms with Crippen molar-refractivity contribution in [3.63, 3.8) is 0 Å². The third kappa shape index (κ3) is 3.91. The Morgan fingerprint density at radius 2 is 1.91 bits per heavy atom. The first-order valence-corrected chi connectivity index (χ1v) is 10.8. The van der Waals surface area contributed by atoms with E-state index < -0.39 is 0 Å². The molecule has 0 bridgehead atoms. The van der Waals surface area contributed by atoms with Crippen molar-refractivity contribution in [2.24, 2.45) is 0 Å². The van der Waals surface area contributed by atoms with Gasteiger partial charge in [-0.1, -0.05) is 6.07 Å². The summed E-state index contributed by atoms with van der Waals surface area (Å²) < 4.78 is 12.2. The van der Waals surface area contributed by atoms with E-state index in [1.54, 1.807) is 26.4 Å². The number of aromatic nitrogens is 5. The van der Waals surface area contributed by atoms with Gasteiger partial charge in [-0.25, -0.2) is 9.97 Å². The average molecular weight is 460 g/mol. The molecule has 2 aromatic carbocycles. The molecule has 5 rings (SSSR count). The van der Waals surface area contributed by atoms with E-state index >= 15 is 0 Å². The molecule has 0 atom stereocenters. The number of carbonyl (C=O) groups excluding carboxylic acids is 1. The molecule has 174 valence electrons. The molecule has 11 heteroatoms. The van der Waals surface area contributed by atoms with Gasteiger partial charge in [0.1, 0.15) is 6.33 Å². The molecule has 4 aromatic rings. The second kappa shape index (κ2) is 8.85. The second-order valence-electron chi connectivity index (χ2n) is 7.84. The van der Waals surface area contributed by atoms with Gasteiger partial charge in [0.15, 0.2) is 17.3 Å².